The van der Waals surface area contributed by atoms with Gasteiger partial charge in [-0.1, -0.05) is 9.79 Å². The summed E-state index contributed by atoms with van der Waals surface area (Å²) >= 11 is 0. The number of hydrogen-bond acceptors (Lipinski definition) is 2. The fraction of sp³-hybridized carbons (Fsp3) is 0. The van der Waals surface area contributed by atoms with Crippen LogP contribution in [0.5, 0.6) is 0 Å². The summed E-state index contributed by atoms with van der Waals surface area (Å²) in [7, 11) is 0. The van der Waals surface area contributed by atoms with Crippen molar-refractivity contribution in [3.05, 3.63) is 28.9 Å². The SMILES string of the molecule is O=[n+]1o[nH]c2ccc(F)cc21. The van der Waals surface area contributed by atoms with Gasteiger partial charge in [0.25, 0.3) is 5.52 Å². The largest absolute Gasteiger partial charge is 0.275 e. The van der Waals surface area contributed by atoms with Crippen molar-refractivity contribution in [2.75, 3.05) is 0 Å². The summed E-state index contributed by atoms with van der Waals surface area (Å²) in [5.41, 5.74) is 0.631. The average molecular weight is 155 g/mol. The zero-order chi connectivity index (χ0) is 7.84. The molecule has 0 saturated heterocycles. The summed E-state index contributed by atoms with van der Waals surface area (Å²) in [6.07, 6.45) is 0. The molecule has 2 aromatic rings. The van der Waals surface area contributed by atoms with E-state index >= 15 is 0 Å². The van der Waals surface area contributed by atoms with E-state index in [0.717, 1.165) is 6.07 Å². The minimum absolute atomic E-state index is 0.157. The molecule has 0 spiro atoms. The molecule has 0 radical (unpaired) electrons. The second-order valence-corrected chi connectivity index (χ2v) is 2.11. The van der Waals surface area contributed by atoms with E-state index in [1.807, 2.05) is 0 Å². The maximum absolute atomic E-state index is 12.5. The minimum atomic E-state index is -0.461. The molecular formula is C6H4FN2O2+. The number of nitrogens with one attached hydrogen (secondary N) is 1. The molecule has 1 N–H and O–H groups in total. The summed E-state index contributed by atoms with van der Waals surface area (Å²) < 4.78 is 17.0. The third kappa shape index (κ3) is 0.813. The summed E-state index contributed by atoms with van der Waals surface area (Å²) in [5.74, 6) is -0.461. The van der Waals surface area contributed by atoms with Gasteiger partial charge in [-0.15, -0.1) is 0 Å². The van der Waals surface area contributed by atoms with E-state index in [4.69, 9.17) is 0 Å². The van der Waals surface area contributed by atoms with Crippen molar-refractivity contribution in [3.8, 4) is 0 Å². The molecule has 1 aromatic carbocycles. The number of aromatic amines is 1. The van der Waals surface area contributed by atoms with Crippen molar-refractivity contribution in [1.82, 2.24) is 5.16 Å². The smallest absolute Gasteiger partial charge is 0.207 e. The highest BCUT2D eigenvalue weighted by atomic mass is 19.1. The highest BCUT2D eigenvalue weighted by molar-refractivity contribution is 5.69. The molecule has 56 valence electrons. The van der Waals surface area contributed by atoms with Crippen LogP contribution in [0.1, 0.15) is 0 Å². The van der Waals surface area contributed by atoms with Gasteiger partial charge in [0.2, 0.25) is 5.52 Å². The second kappa shape index (κ2) is 1.91. The lowest BCUT2D eigenvalue weighted by Crippen LogP contribution is -2.08. The van der Waals surface area contributed by atoms with Crippen LogP contribution >= 0.6 is 0 Å². The first-order valence-electron chi connectivity index (χ1n) is 2.97. The highest BCUT2D eigenvalue weighted by Crippen LogP contribution is 2.07. The van der Waals surface area contributed by atoms with Crippen LogP contribution in [0, 0.1) is 10.7 Å². The Kier molecular flexibility index (Phi) is 1.06. The van der Waals surface area contributed by atoms with Gasteiger partial charge in [0, 0.05) is 6.07 Å². The normalized spacial score (nSPS) is 10.6. The van der Waals surface area contributed by atoms with Crippen LogP contribution in [0.3, 0.4) is 0 Å². The molecule has 2 rings (SSSR count). The van der Waals surface area contributed by atoms with Crippen LogP contribution in [0.2, 0.25) is 0 Å². The second-order valence-electron chi connectivity index (χ2n) is 2.11. The first kappa shape index (κ1) is 6.09. The van der Waals surface area contributed by atoms with Gasteiger partial charge in [-0.3, -0.25) is 0 Å². The van der Waals surface area contributed by atoms with Gasteiger partial charge in [-0.25, -0.2) is 4.39 Å². The number of rotatable bonds is 0. The zero-order valence-corrected chi connectivity index (χ0v) is 5.37. The van der Waals surface area contributed by atoms with Crippen molar-refractivity contribution < 1.29 is 13.6 Å². The van der Waals surface area contributed by atoms with Crippen LogP contribution in [-0.4, -0.2) is 5.16 Å². The Labute approximate surface area is 59.8 Å². The maximum atomic E-state index is 12.5. The van der Waals surface area contributed by atoms with E-state index in [1.165, 1.54) is 12.1 Å². The van der Waals surface area contributed by atoms with Crippen LogP contribution in [0.25, 0.3) is 11.0 Å². The molecule has 0 saturated carbocycles. The van der Waals surface area contributed by atoms with Crippen molar-refractivity contribution in [2.45, 2.75) is 0 Å². The standard InChI is InChI=1S/C6H4FN2O2/c7-4-1-2-5-6(3-4)9(10)11-8-5/h1-3,8H/q+1. The Hall–Kier alpha value is -1.65. The monoisotopic (exact) mass is 155 g/mol. The number of hydrogen-bond donors (Lipinski definition) is 1. The Morgan fingerprint density at radius 1 is 1.55 bits per heavy atom. The molecular weight excluding hydrogens is 151 g/mol. The molecule has 0 fully saturated rings. The lowest BCUT2D eigenvalue weighted by molar-refractivity contribution is -0.692. The zero-order valence-electron chi connectivity index (χ0n) is 5.37. The van der Waals surface area contributed by atoms with Gasteiger partial charge >= 0.3 is 0 Å². The van der Waals surface area contributed by atoms with Crippen molar-refractivity contribution in [3.63, 3.8) is 0 Å². The van der Waals surface area contributed by atoms with Gasteiger partial charge in [-0.2, -0.15) is 0 Å². The van der Waals surface area contributed by atoms with Crippen LogP contribution < -0.4 is 4.60 Å². The van der Waals surface area contributed by atoms with E-state index in [9.17, 15) is 9.30 Å². The lowest BCUT2D eigenvalue weighted by Gasteiger charge is -1.78. The van der Waals surface area contributed by atoms with Crippen LogP contribution in [-0.2, 0) is 0 Å². The Morgan fingerprint density at radius 3 is 3.18 bits per heavy atom. The third-order valence-electron chi connectivity index (χ3n) is 1.39. The minimum Gasteiger partial charge on any atom is -0.207 e. The number of halogens is 1. The molecule has 4 nitrogen and oxygen atoms in total. The fourth-order valence-corrected chi connectivity index (χ4v) is 0.882. The Balaban J connectivity index is 2.99. The molecule has 0 aliphatic heterocycles. The number of nitrogens with zero attached hydrogens (tertiary/aromatic N) is 1. The van der Waals surface area contributed by atoms with Gasteiger partial charge in [0.1, 0.15) is 5.82 Å². The molecule has 11 heavy (non-hydrogen) atoms. The van der Waals surface area contributed by atoms with Crippen molar-refractivity contribution in [2.24, 2.45) is 0 Å². The number of fused-ring (bicyclic) bond motifs is 1. The summed E-state index contributed by atoms with van der Waals surface area (Å²) in [6.45, 7) is 0. The van der Waals surface area contributed by atoms with Gasteiger partial charge in [0.05, 0.1) is 0 Å². The van der Waals surface area contributed by atoms with Gasteiger partial charge < -0.3 is 0 Å². The maximum Gasteiger partial charge on any atom is 0.275 e. The molecule has 0 aliphatic rings. The third-order valence-corrected chi connectivity index (χ3v) is 1.39. The first-order chi connectivity index (χ1) is 5.27. The summed E-state index contributed by atoms with van der Waals surface area (Å²) in [5, 5.41) is 2.32. The van der Waals surface area contributed by atoms with E-state index < -0.39 is 5.82 Å². The number of benzene rings is 1. The Bertz CT molecular complexity index is 445. The summed E-state index contributed by atoms with van der Waals surface area (Å²) in [4.78, 5) is 10.7. The van der Waals surface area contributed by atoms with E-state index in [0.29, 0.717) is 5.52 Å². The molecule has 5 heteroatoms. The molecule has 0 atom stereocenters. The quantitative estimate of drug-likeness (QED) is 0.612. The predicted molar refractivity (Wildman–Crippen MR) is 33.9 cm³/mol. The van der Waals surface area contributed by atoms with Crippen LogP contribution in [0.4, 0.5) is 4.39 Å². The first-order valence-corrected chi connectivity index (χ1v) is 2.97. The van der Waals surface area contributed by atoms with Crippen LogP contribution in [0.15, 0.2) is 22.8 Å². The highest BCUT2D eigenvalue weighted by Gasteiger charge is 2.09. The van der Waals surface area contributed by atoms with E-state index in [1.54, 1.807) is 0 Å². The Morgan fingerprint density at radius 2 is 2.36 bits per heavy atom. The topological polar surface area (TPSA) is 51.9 Å². The van der Waals surface area contributed by atoms with Gasteiger partial charge in [0.15, 0.2) is 4.60 Å². The molecule has 0 unspecified atom stereocenters. The van der Waals surface area contributed by atoms with E-state index in [2.05, 4.69) is 9.79 Å². The summed E-state index contributed by atoms with van der Waals surface area (Å²) in [6, 6.07) is 3.78. The van der Waals surface area contributed by atoms with E-state index in [-0.39, 0.29) is 10.1 Å². The number of H-pyrrole nitrogens is 1. The molecule has 1 aromatic heterocycles. The fourth-order valence-electron chi connectivity index (χ4n) is 0.882. The molecule has 0 bridgehead atoms. The molecule has 1 heterocycles. The predicted octanol–water partition coefficient (Wildman–Crippen LogP) is 0.815. The average Bonchev–Trinajstić information content (AvgIpc) is 2.33. The molecule has 0 amide bonds. The van der Waals surface area contributed by atoms with Crippen molar-refractivity contribution in [1.29, 1.82) is 0 Å². The van der Waals surface area contributed by atoms with Gasteiger partial charge in [-0.05, 0) is 17.0 Å². The number of aromatic nitrogens is 2. The lowest BCUT2D eigenvalue weighted by atomic mass is 10.3. The van der Waals surface area contributed by atoms with Crippen molar-refractivity contribution >= 4 is 11.0 Å². The molecule has 0 aliphatic carbocycles.